The molecule has 3 heteroatoms. The second kappa shape index (κ2) is 17.7. The summed E-state index contributed by atoms with van der Waals surface area (Å²) in [6.07, 6.45) is 17.3. The summed E-state index contributed by atoms with van der Waals surface area (Å²) in [7, 11) is 1.47. The summed E-state index contributed by atoms with van der Waals surface area (Å²) in [5.74, 6) is 0. The number of hydrogen-bond acceptors (Lipinski definition) is 0. The van der Waals surface area contributed by atoms with Crippen LogP contribution >= 0.6 is 0 Å². The predicted molar refractivity (Wildman–Crippen MR) is 120 cm³/mol. The highest BCUT2D eigenvalue weighted by molar-refractivity contribution is 6.72. The summed E-state index contributed by atoms with van der Waals surface area (Å²) < 4.78 is 1.46. The number of rotatable bonds is 18. The van der Waals surface area contributed by atoms with Gasteiger partial charge < -0.3 is 21.1 Å². The fourth-order valence-electron chi connectivity index (χ4n) is 4.94. The first-order valence-corrected chi connectivity index (χ1v) is 14.5. The summed E-state index contributed by atoms with van der Waals surface area (Å²) >= 11 is 0. The average molecular weight is 451 g/mol. The lowest BCUT2D eigenvalue weighted by atomic mass is 10.1. The Bertz CT molecular complexity index is 286. The molecule has 160 valence electrons. The number of unbranched alkanes of at least 4 members (excludes halogenated alkanes) is 10. The minimum Gasteiger partial charge on any atom is -1.00 e. The van der Waals surface area contributed by atoms with Crippen LogP contribution in [0, 0.1) is 0 Å². The van der Waals surface area contributed by atoms with E-state index in [1.165, 1.54) is 112 Å². The van der Waals surface area contributed by atoms with Crippen molar-refractivity contribution in [2.45, 2.75) is 130 Å². The van der Waals surface area contributed by atoms with E-state index in [-0.39, 0.29) is 17.0 Å². The van der Waals surface area contributed by atoms with Gasteiger partial charge in [-0.3, -0.25) is 0 Å². The molecule has 0 heterocycles. The van der Waals surface area contributed by atoms with E-state index in [4.69, 9.17) is 0 Å². The SMILES string of the molecule is CCCCCCCCCCCC[N+](C)(CCCC)[Si](CC)(CC)CC.[Br-]. The first-order valence-electron chi connectivity index (χ1n) is 11.9. The average Bonchev–Trinajstić information content (AvgIpc) is 2.63. The summed E-state index contributed by atoms with van der Waals surface area (Å²) in [6, 6.07) is 4.41. The molecule has 0 amide bonds. The Morgan fingerprint density at radius 3 is 1.23 bits per heavy atom. The van der Waals surface area contributed by atoms with Gasteiger partial charge in [-0.2, -0.15) is 0 Å². The molecule has 1 unspecified atom stereocenters. The molecule has 0 aromatic heterocycles. The molecule has 0 fully saturated rings. The van der Waals surface area contributed by atoms with Gasteiger partial charge in [-0.1, -0.05) is 92.4 Å². The van der Waals surface area contributed by atoms with Crippen LogP contribution in [0.4, 0.5) is 0 Å². The molecule has 1 nitrogen and oxygen atoms in total. The predicted octanol–water partition coefficient (Wildman–Crippen LogP) is 5.16. The molecule has 0 aliphatic heterocycles. The fourth-order valence-corrected chi connectivity index (χ4v) is 9.99. The van der Waals surface area contributed by atoms with Gasteiger partial charge in [0.15, 0.2) is 0 Å². The second-order valence-electron chi connectivity index (χ2n) is 8.66. The van der Waals surface area contributed by atoms with Crippen LogP contribution in [0.1, 0.15) is 112 Å². The van der Waals surface area contributed by atoms with Gasteiger partial charge in [0.05, 0.1) is 20.1 Å². The molecular formula is C23H52BrNSi. The van der Waals surface area contributed by atoms with Gasteiger partial charge >= 0.3 is 0 Å². The summed E-state index contributed by atoms with van der Waals surface area (Å²) in [5.41, 5.74) is 0. The lowest BCUT2D eigenvalue weighted by Gasteiger charge is -2.50. The van der Waals surface area contributed by atoms with E-state index in [0.29, 0.717) is 0 Å². The lowest BCUT2D eigenvalue weighted by Crippen LogP contribution is -3.00. The van der Waals surface area contributed by atoms with Crippen LogP contribution in [0.3, 0.4) is 0 Å². The molecule has 1 atom stereocenters. The van der Waals surface area contributed by atoms with Crippen molar-refractivity contribution in [1.82, 2.24) is 0 Å². The third-order valence-electron chi connectivity index (χ3n) is 7.13. The van der Waals surface area contributed by atoms with Gasteiger partial charge in [-0.25, -0.2) is 0 Å². The number of hydrogen-bond donors (Lipinski definition) is 0. The minimum absolute atomic E-state index is 0. The summed E-state index contributed by atoms with van der Waals surface area (Å²) in [6.45, 7) is 15.0. The highest BCUT2D eigenvalue weighted by atomic mass is 79.9. The van der Waals surface area contributed by atoms with E-state index >= 15 is 0 Å². The molecule has 0 aromatic rings. The molecule has 0 rings (SSSR count). The first kappa shape index (κ1) is 28.9. The molecule has 0 saturated carbocycles. The Balaban J connectivity index is 0. The zero-order chi connectivity index (χ0) is 19.0. The van der Waals surface area contributed by atoms with Gasteiger partial charge in [0, 0.05) is 0 Å². The zero-order valence-corrected chi connectivity index (χ0v) is 21.9. The summed E-state index contributed by atoms with van der Waals surface area (Å²) in [5, 5.41) is 0. The Morgan fingerprint density at radius 1 is 0.500 bits per heavy atom. The van der Waals surface area contributed by atoms with E-state index in [1.807, 2.05) is 0 Å². The van der Waals surface area contributed by atoms with Crippen molar-refractivity contribution >= 4 is 8.24 Å². The Kier molecular flexibility index (Phi) is 19.7. The van der Waals surface area contributed by atoms with Crippen molar-refractivity contribution in [2.75, 3.05) is 20.1 Å². The van der Waals surface area contributed by atoms with Crippen molar-refractivity contribution in [3.63, 3.8) is 0 Å². The van der Waals surface area contributed by atoms with Crippen molar-refractivity contribution < 1.29 is 21.1 Å². The van der Waals surface area contributed by atoms with E-state index in [2.05, 4.69) is 41.7 Å². The van der Waals surface area contributed by atoms with E-state index < -0.39 is 8.24 Å². The molecule has 26 heavy (non-hydrogen) atoms. The van der Waals surface area contributed by atoms with Crippen LogP contribution in [-0.4, -0.2) is 32.5 Å². The van der Waals surface area contributed by atoms with E-state index in [9.17, 15) is 0 Å². The monoisotopic (exact) mass is 449 g/mol. The Morgan fingerprint density at radius 2 is 0.846 bits per heavy atom. The topological polar surface area (TPSA) is 0 Å². The molecule has 0 N–H and O–H groups in total. The van der Waals surface area contributed by atoms with Gasteiger partial charge in [0.2, 0.25) is 0 Å². The van der Waals surface area contributed by atoms with Crippen LogP contribution in [0.25, 0.3) is 0 Å². The van der Waals surface area contributed by atoms with Crippen molar-refractivity contribution in [3.8, 4) is 0 Å². The lowest BCUT2D eigenvalue weighted by molar-refractivity contribution is -0.815. The smallest absolute Gasteiger partial charge is 0.284 e. The molecule has 0 saturated heterocycles. The van der Waals surface area contributed by atoms with Crippen molar-refractivity contribution in [3.05, 3.63) is 0 Å². The largest absolute Gasteiger partial charge is 1.00 e. The van der Waals surface area contributed by atoms with Crippen LogP contribution in [0.15, 0.2) is 0 Å². The number of quaternary nitrogens is 1. The molecule has 0 aliphatic carbocycles. The maximum atomic E-state index is 2.63. The van der Waals surface area contributed by atoms with Crippen molar-refractivity contribution in [1.29, 1.82) is 0 Å². The van der Waals surface area contributed by atoms with Crippen LogP contribution in [-0.2, 0) is 0 Å². The highest BCUT2D eigenvalue weighted by Gasteiger charge is 2.47. The zero-order valence-electron chi connectivity index (χ0n) is 19.3. The molecule has 0 aromatic carbocycles. The first-order chi connectivity index (χ1) is 12.1. The number of nitrogens with zero attached hydrogens (tertiary/aromatic N) is 1. The van der Waals surface area contributed by atoms with Crippen LogP contribution < -0.4 is 17.0 Å². The standard InChI is InChI=1S/C23H52NSi.BrH/c1-7-12-14-15-16-17-18-19-20-21-23-24(6,22-13-8-2)25(9-3,10-4)11-5;/h7-23H2,1-6H3;1H/q+1;/p-1. The summed E-state index contributed by atoms with van der Waals surface area (Å²) in [4.78, 5) is 0. The highest BCUT2D eigenvalue weighted by Crippen LogP contribution is 2.32. The Labute approximate surface area is 179 Å². The molecule has 0 radical (unpaired) electrons. The number of halogens is 1. The van der Waals surface area contributed by atoms with Gasteiger partial charge in [-0.05, 0) is 37.4 Å². The van der Waals surface area contributed by atoms with Gasteiger partial charge in [0.1, 0.15) is 0 Å². The molecule has 0 bridgehead atoms. The third kappa shape index (κ3) is 10.3. The quantitative estimate of drug-likeness (QED) is 0.200. The van der Waals surface area contributed by atoms with Crippen molar-refractivity contribution in [2.24, 2.45) is 0 Å². The molecular weight excluding hydrogens is 398 g/mol. The minimum atomic E-state index is -1.16. The maximum Gasteiger partial charge on any atom is 0.284 e. The normalized spacial score (nSPS) is 14.1. The second-order valence-corrected chi connectivity index (χ2v) is 14.3. The molecule has 0 spiro atoms. The van der Waals surface area contributed by atoms with Gasteiger partial charge in [-0.15, -0.1) is 0 Å². The third-order valence-corrected chi connectivity index (χ3v) is 13.8. The van der Waals surface area contributed by atoms with Crippen LogP contribution in [0.5, 0.6) is 0 Å². The fraction of sp³-hybridized carbons (Fsp3) is 1.00. The Hall–Kier alpha value is 0.657. The van der Waals surface area contributed by atoms with E-state index in [1.54, 1.807) is 0 Å². The van der Waals surface area contributed by atoms with Crippen LogP contribution in [0.2, 0.25) is 18.1 Å². The van der Waals surface area contributed by atoms with Gasteiger partial charge in [0.25, 0.3) is 8.24 Å². The maximum absolute atomic E-state index is 2.63. The molecule has 0 aliphatic rings. The van der Waals surface area contributed by atoms with E-state index in [0.717, 1.165) is 0 Å².